The Morgan fingerprint density at radius 1 is 1.04 bits per heavy atom. The number of aromatic nitrogens is 4. The first-order valence-electron chi connectivity index (χ1n) is 18.2. The fraction of sp³-hybridized carbons (Fsp3) is 0.526. The van der Waals surface area contributed by atoms with Gasteiger partial charge in [-0.05, 0) is 86.9 Å². The van der Waals surface area contributed by atoms with E-state index in [1.165, 1.54) is 6.08 Å². The first-order valence-corrected chi connectivity index (χ1v) is 18.2. The molecular formula is C38H42F4N8O2. The molecule has 9 rings (SSSR count). The number of rotatable bonds is 7. The topological polar surface area (TPSA) is 93.7 Å². The average Bonchev–Trinajstić information content (AvgIpc) is 3.75. The third-order valence-electron chi connectivity index (χ3n) is 12.4. The molecule has 1 atom stereocenters. The highest BCUT2D eigenvalue weighted by atomic mass is 19.4. The van der Waals surface area contributed by atoms with Crippen molar-refractivity contribution < 1.29 is 27.1 Å². The maximum Gasteiger partial charge on any atom is 0.422 e. The van der Waals surface area contributed by atoms with Crippen LogP contribution < -0.4 is 14.5 Å². The maximum absolute atomic E-state index is 15.3. The maximum atomic E-state index is 15.3. The third kappa shape index (κ3) is 5.30. The number of H-pyrrole nitrogens is 1. The lowest BCUT2D eigenvalue weighted by molar-refractivity contribution is -0.153. The number of nitrogens with zero attached hydrogens (tertiary/aromatic N) is 7. The standard InChI is InChI=1S/C38H42F4N8O2/c1-4-29(51)49-17-36(18-49)10-13-48(14-11-36)34-25-15-24(23-6-7-23)31(30-22(2)5-8-27-26(30)16-43-46-27)33(52-21-38(40,41)42)32(25)44-35(45-34)50-19-37(20-50)28(39)9-12-47(37)3/h4-5,8,15-16,23,28H,1,6-7,9-14,17-21H2,2-3H3,(H,43,46)/t28-/m1/s1. The highest BCUT2D eigenvalue weighted by molar-refractivity contribution is 6.06. The average molecular weight is 719 g/mol. The van der Waals surface area contributed by atoms with Crippen LogP contribution in [0.3, 0.4) is 0 Å². The molecule has 14 heteroatoms. The van der Waals surface area contributed by atoms with Crippen LogP contribution in [-0.2, 0) is 4.79 Å². The molecule has 1 aliphatic carbocycles. The quantitative estimate of drug-likeness (QED) is 0.180. The van der Waals surface area contributed by atoms with Crippen LogP contribution in [0.4, 0.5) is 29.3 Å². The van der Waals surface area contributed by atoms with Crippen molar-refractivity contribution in [1.29, 1.82) is 0 Å². The number of carbonyl (C=O) groups excluding carboxylic acids is 1. The molecular weight excluding hydrogens is 676 g/mol. The van der Waals surface area contributed by atoms with Gasteiger partial charge in [-0.2, -0.15) is 23.3 Å². The van der Waals surface area contributed by atoms with Gasteiger partial charge in [-0.3, -0.25) is 14.8 Å². The second-order valence-corrected chi connectivity index (χ2v) is 15.7. The van der Waals surface area contributed by atoms with Crippen molar-refractivity contribution in [3.05, 3.63) is 48.2 Å². The molecule has 0 bridgehead atoms. The number of hydrogen-bond donors (Lipinski definition) is 1. The summed E-state index contributed by atoms with van der Waals surface area (Å²) >= 11 is 0. The minimum absolute atomic E-state index is 0.0159. The number of carbonyl (C=O) groups is 1. The number of likely N-dealkylation sites (N-methyl/N-ethyl adjacent to an activating group) is 1. The zero-order chi connectivity index (χ0) is 36.2. The van der Waals surface area contributed by atoms with Crippen LogP contribution in [0.25, 0.3) is 32.9 Å². The summed E-state index contributed by atoms with van der Waals surface area (Å²) in [5.74, 6) is 1.17. The van der Waals surface area contributed by atoms with E-state index in [0.29, 0.717) is 80.5 Å². The Morgan fingerprint density at radius 2 is 1.79 bits per heavy atom. The van der Waals surface area contributed by atoms with Crippen LogP contribution in [0.2, 0.25) is 0 Å². The first kappa shape index (κ1) is 33.4. The molecule has 5 aliphatic rings. The molecule has 274 valence electrons. The van der Waals surface area contributed by atoms with E-state index in [2.05, 4.69) is 32.6 Å². The summed E-state index contributed by atoms with van der Waals surface area (Å²) in [5.41, 5.74) is 3.64. The van der Waals surface area contributed by atoms with Crippen LogP contribution in [-0.4, -0.2) is 113 Å². The molecule has 1 N–H and O–H groups in total. The lowest BCUT2D eigenvalue weighted by Crippen LogP contribution is -2.71. The Bertz CT molecular complexity index is 2080. The van der Waals surface area contributed by atoms with Crippen molar-refractivity contribution in [2.24, 2.45) is 5.41 Å². The molecule has 4 saturated heterocycles. The molecule has 52 heavy (non-hydrogen) atoms. The Morgan fingerprint density at radius 3 is 2.44 bits per heavy atom. The number of amides is 1. The summed E-state index contributed by atoms with van der Waals surface area (Å²) in [6.07, 6.45) is 1.43. The van der Waals surface area contributed by atoms with E-state index in [0.717, 1.165) is 53.3 Å². The van der Waals surface area contributed by atoms with Crippen molar-refractivity contribution in [2.45, 2.75) is 62.8 Å². The van der Waals surface area contributed by atoms with E-state index >= 15 is 4.39 Å². The number of ether oxygens (including phenoxy) is 1. The molecule has 6 heterocycles. The molecule has 4 aliphatic heterocycles. The van der Waals surface area contributed by atoms with Gasteiger partial charge in [-0.25, -0.2) is 9.37 Å². The van der Waals surface area contributed by atoms with E-state index in [1.54, 1.807) is 6.20 Å². The Hall–Kier alpha value is -4.46. The monoisotopic (exact) mass is 718 g/mol. The number of nitrogens with one attached hydrogen (secondary N) is 1. The molecule has 0 unspecified atom stereocenters. The molecule has 10 nitrogen and oxygen atoms in total. The van der Waals surface area contributed by atoms with Gasteiger partial charge in [-0.15, -0.1) is 0 Å². The number of hydrogen-bond acceptors (Lipinski definition) is 8. The Labute approximate surface area is 298 Å². The van der Waals surface area contributed by atoms with Crippen LogP contribution in [0.5, 0.6) is 5.75 Å². The van der Waals surface area contributed by atoms with Gasteiger partial charge < -0.3 is 19.4 Å². The molecule has 2 aromatic heterocycles. The number of anilines is 2. The van der Waals surface area contributed by atoms with Crippen LogP contribution in [0, 0.1) is 12.3 Å². The first-order chi connectivity index (χ1) is 24.9. The van der Waals surface area contributed by atoms with Crippen molar-refractivity contribution in [2.75, 3.05) is 69.3 Å². The van der Waals surface area contributed by atoms with Gasteiger partial charge in [0.1, 0.15) is 17.5 Å². The van der Waals surface area contributed by atoms with Gasteiger partial charge in [0.25, 0.3) is 0 Å². The number of alkyl halides is 4. The SMILES string of the molecule is C=CC(=O)N1CC2(CCN(c3nc(N4CC5(C4)[C@H](F)CCN5C)nc4c(OCC(F)(F)F)c(-c5c(C)ccc6[nH]ncc56)c(C5CC5)cc34)CC2)C1. The number of aromatic amines is 1. The van der Waals surface area contributed by atoms with Crippen molar-refractivity contribution in [3.8, 4) is 16.9 Å². The second kappa shape index (κ2) is 11.8. The second-order valence-electron chi connectivity index (χ2n) is 15.7. The summed E-state index contributed by atoms with van der Waals surface area (Å²) in [4.78, 5) is 30.4. The number of fused-ring (bicyclic) bond motifs is 2. The lowest BCUT2D eigenvalue weighted by atomic mass is 9.72. The van der Waals surface area contributed by atoms with E-state index in [4.69, 9.17) is 14.7 Å². The highest BCUT2D eigenvalue weighted by Crippen LogP contribution is 2.54. The number of benzene rings is 2. The van der Waals surface area contributed by atoms with Crippen molar-refractivity contribution in [3.63, 3.8) is 0 Å². The molecule has 1 saturated carbocycles. The summed E-state index contributed by atoms with van der Waals surface area (Å²) in [5, 5.41) is 8.72. The van der Waals surface area contributed by atoms with Crippen LogP contribution >= 0.6 is 0 Å². The summed E-state index contributed by atoms with van der Waals surface area (Å²) in [7, 11) is 1.94. The molecule has 5 fully saturated rings. The summed E-state index contributed by atoms with van der Waals surface area (Å²) < 4.78 is 63.4. The minimum atomic E-state index is -4.59. The van der Waals surface area contributed by atoms with Crippen LogP contribution in [0.1, 0.15) is 49.1 Å². The molecule has 1 amide bonds. The number of halogens is 4. The molecule has 2 aromatic carbocycles. The molecule has 4 aromatic rings. The summed E-state index contributed by atoms with van der Waals surface area (Å²) in [6.45, 7) is 8.19. The zero-order valence-corrected chi connectivity index (χ0v) is 29.4. The zero-order valence-electron chi connectivity index (χ0n) is 29.4. The minimum Gasteiger partial charge on any atom is -0.481 e. The van der Waals surface area contributed by atoms with E-state index in [-0.39, 0.29) is 23.0 Å². The van der Waals surface area contributed by atoms with Gasteiger partial charge in [0, 0.05) is 67.6 Å². The normalized spacial score (nSPS) is 22.7. The van der Waals surface area contributed by atoms with Gasteiger partial charge in [-0.1, -0.05) is 12.6 Å². The predicted octanol–water partition coefficient (Wildman–Crippen LogP) is 6.15. The van der Waals surface area contributed by atoms with Crippen molar-refractivity contribution >= 4 is 39.5 Å². The lowest BCUT2D eigenvalue weighted by Gasteiger charge is -2.54. The van der Waals surface area contributed by atoms with Gasteiger partial charge in [0.05, 0.1) is 17.3 Å². The third-order valence-corrected chi connectivity index (χ3v) is 12.4. The number of aryl methyl sites for hydroxylation is 1. The molecule has 2 spiro atoms. The highest BCUT2D eigenvalue weighted by Gasteiger charge is 2.56. The summed E-state index contributed by atoms with van der Waals surface area (Å²) in [6, 6.07) is 5.95. The Balaban J connectivity index is 1.21. The Kier molecular flexibility index (Phi) is 7.56. The fourth-order valence-electron chi connectivity index (χ4n) is 9.13. The van der Waals surface area contributed by atoms with Gasteiger partial charge in [0.15, 0.2) is 12.4 Å². The van der Waals surface area contributed by atoms with E-state index in [9.17, 15) is 18.0 Å². The fourth-order valence-corrected chi connectivity index (χ4v) is 9.13. The van der Waals surface area contributed by atoms with Crippen LogP contribution in [0.15, 0.2) is 37.1 Å². The number of piperidine rings is 1. The van der Waals surface area contributed by atoms with Gasteiger partial charge in [0.2, 0.25) is 11.9 Å². The number of likely N-dealkylation sites (tertiary alicyclic amines) is 2. The predicted molar refractivity (Wildman–Crippen MR) is 191 cm³/mol. The van der Waals surface area contributed by atoms with Gasteiger partial charge >= 0.3 is 6.18 Å². The van der Waals surface area contributed by atoms with E-state index in [1.807, 2.05) is 35.9 Å². The smallest absolute Gasteiger partial charge is 0.422 e. The van der Waals surface area contributed by atoms with Crippen molar-refractivity contribution in [1.82, 2.24) is 30.0 Å². The van der Waals surface area contributed by atoms with E-state index < -0.39 is 24.5 Å². The largest absolute Gasteiger partial charge is 0.481 e. The molecule has 0 radical (unpaired) electrons.